The van der Waals surface area contributed by atoms with Crippen LogP contribution >= 0.6 is 23.2 Å². The van der Waals surface area contributed by atoms with Crippen molar-refractivity contribution in [2.24, 2.45) is 11.8 Å². The maximum Gasteiger partial charge on any atom is 0.252 e. The van der Waals surface area contributed by atoms with E-state index in [9.17, 15) is 9.90 Å². The molecular weight excluding hydrogens is 299 g/mol. The molecule has 1 aromatic heterocycles. The Kier molecular flexibility index (Phi) is 5.64. The normalized spacial score (nSPS) is 22.6. The molecule has 0 aliphatic heterocycles. The molecule has 2 atom stereocenters. The van der Waals surface area contributed by atoms with Crippen LogP contribution in [0.2, 0.25) is 10.2 Å². The Hall–Kier alpha value is -0.840. The number of hydrogen-bond acceptors (Lipinski definition) is 3. The molecule has 0 bridgehead atoms. The number of aromatic nitrogens is 1. The Morgan fingerprint density at radius 2 is 2.05 bits per heavy atom. The van der Waals surface area contributed by atoms with E-state index in [1.165, 1.54) is 12.3 Å². The van der Waals surface area contributed by atoms with Gasteiger partial charge in [0.05, 0.1) is 10.6 Å². The smallest absolute Gasteiger partial charge is 0.252 e. The van der Waals surface area contributed by atoms with E-state index in [1.807, 2.05) is 0 Å². The highest BCUT2D eigenvalue weighted by molar-refractivity contribution is 6.35. The Morgan fingerprint density at radius 1 is 1.35 bits per heavy atom. The van der Waals surface area contributed by atoms with Gasteiger partial charge in [0.1, 0.15) is 5.15 Å². The third-order valence-electron chi connectivity index (χ3n) is 3.89. The minimum absolute atomic E-state index is 0.183. The summed E-state index contributed by atoms with van der Waals surface area (Å²) in [7, 11) is 0. The molecule has 0 saturated heterocycles. The van der Waals surface area contributed by atoms with Gasteiger partial charge in [-0.15, -0.1) is 0 Å². The maximum atomic E-state index is 12.1. The van der Waals surface area contributed by atoms with Crippen LogP contribution in [0.1, 0.15) is 36.0 Å². The van der Waals surface area contributed by atoms with Gasteiger partial charge in [0, 0.05) is 19.3 Å². The van der Waals surface area contributed by atoms with E-state index in [2.05, 4.69) is 10.3 Å². The SMILES string of the molecule is O=C(NCC1CCCCC1CO)c1cc(Cl)ncc1Cl. The zero-order valence-electron chi connectivity index (χ0n) is 11.1. The highest BCUT2D eigenvalue weighted by Gasteiger charge is 2.25. The standard InChI is InChI=1S/C14H18Cl2N2O2/c15-12-7-17-13(16)5-11(12)14(20)18-6-9-3-1-2-4-10(9)8-19/h5,7,9-10,19H,1-4,6,8H2,(H,18,20). The lowest BCUT2D eigenvalue weighted by Gasteiger charge is -2.30. The number of amides is 1. The lowest BCUT2D eigenvalue weighted by molar-refractivity contribution is 0.0909. The summed E-state index contributed by atoms with van der Waals surface area (Å²) in [5.41, 5.74) is 0.336. The van der Waals surface area contributed by atoms with Crippen LogP contribution in [0.15, 0.2) is 12.3 Å². The molecule has 2 N–H and O–H groups in total. The van der Waals surface area contributed by atoms with Gasteiger partial charge in [-0.05, 0) is 30.7 Å². The summed E-state index contributed by atoms with van der Waals surface area (Å²) in [5.74, 6) is 0.357. The Bertz CT molecular complexity index is 482. The molecule has 1 saturated carbocycles. The van der Waals surface area contributed by atoms with Crippen molar-refractivity contribution in [1.29, 1.82) is 0 Å². The van der Waals surface area contributed by atoms with Crippen LogP contribution in [0.4, 0.5) is 0 Å². The fraction of sp³-hybridized carbons (Fsp3) is 0.571. The molecule has 110 valence electrons. The van der Waals surface area contributed by atoms with Crippen LogP contribution in [0.5, 0.6) is 0 Å². The van der Waals surface area contributed by atoms with Crippen LogP contribution in [-0.4, -0.2) is 29.1 Å². The van der Waals surface area contributed by atoms with Crippen LogP contribution in [-0.2, 0) is 0 Å². The third kappa shape index (κ3) is 3.84. The van der Waals surface area contributed by atoms with Crippen molar-refractivity contribution in [3.05, 3.63) is 28.0 Å². The Balaban J connectivity index is 1.96. The predicted molar refractivity (Wildman–Crippen MR) is 79.1 cm³/mol. The first-order valence-electron chi connectivity index (χ1n) is 6.82. The van der Waals surface area contributed by atoms with Gasteiger partial charge in [-0.3, -0.25) is 4.79 Å². The first-order valence-corrected chi connectivity index (χ1v) is 7.57. The second-order valence-electron chi connectivity index (χ2n) is 5.18. The Labute approximate surface area is 128 Å². The minimum atomic E-state index is -0.249. The fourth-order valence-corrected chi connectivity index (χ4v) is 3.05. The van der Waals surface area contributed by atoms with Gasteiger partial charge in [0.15, 0.2) is 0 Å². The van der Waals surface area contributed by atoms with Crippen LogP contribution < -0.4 is 5.32 Å². The number of carbonyl (C=O) groups excluding carboxylic acids is 1. The maximum absolute atomic E-state index is 12.1. The monoisotopic (exact) mass is 316 g/mol. The van der Waals surface area contributed by atoms with E-state index in [1.54, 1.807) is 0 Å². The summed E-state index contributed by atoms with van der Waals surface area (Å²) in [6.07, 6.45) is 5.74. The van der Waals surface area contributed by atoms with E-state index < -0.39 is 0 Å². The molecule has 20 heavy (non-hydrogen) atoms. The molecule has 1 fully saturated rings. The molecule has 0 spiro atoms. The second-order valence-corrected chi connectivity index (χ2v) is 5.98. The summed E-state index contributed by atoms with van der Waals surface area (Å²) in [5, 5.41) is 12.8. The van der Waals surface area contributed by atoms with Crippen molar-refractivity contribution >= 4 is 29.1 Å². The quantitative estimate of drug-likeness (QED) is 0.839. The average molecular weight is 317 g/mol. The number of halogens is 2. The molecule has 1 heterocycles. The highest BCUT2D eigenvalue weighted by Crippen LogP contribution is 2.29. The molecule has 0 aromatic carbocycles. The van der Waals surface area contributed by atoms with Crippen molar-refractivity contribution in [2.75, 3.05) is 13.2 Å². The average Bonchev–Trinajstić information content (AvgIpc) is 2.47. The first kappa shape index (κ1) is 15.5. The third-order valence-corrected chi connectivity index (χ3v) is 4.40. The Morgan fingerprint density at radius 3 is 2.75 bits per heavy atom. The fourth-order valence-electron chi connectivity index (χ4n) is 2.70. The lowest BCUT2D eigenvalue weighted by Crippen LogP contribution is -2.35. The molecule has 2 unspecified atom stereocenters. The molecule has 1 aliphatic rings. The van der Waals surface area contributed by atoms with E-state index in [0.717, 1.165) is 25.7 Å². The number of nitrogens with one attached hydrogen (secondary N) is 1. The zero-order chi connectivity index (χ0) is 14.5. The topological polar surface area (TPSA) is 62.2 Å². The highest BCUT2D eigenvalue weighted by atomic mass is 35.5. The molecule has 1 amide bonds. The van der Waals surface area contributed by atoms with E-state index in [-0.39, 0.29) is 28.6 Å². The molecule has 4 nitrogen and oxygen atoms in total. The second kappa shape index (κ2) is 7.25. The zero-order valence-corrected chi connectivity index (χ0v) is 12.6. The first-order chi connectivity index (χ1) is 9.61. The van der Waals surface area contributed by atoms with Gasteiger partial charge in [-0.1, -0.05) is 36.0 Å². The predicted octanol–water partition coefficient (Wildman–Crippen LogP) is 2.92. The van der Waals surface area contributed by atoms with E-state index >= 15 is 0 Å². The molecule has 0 radical (unpaired) electrons. The summed E-state index contributed by atoms with van der Waals surface area (Å²) < 4.78 is 0. The van der Waals surface area contributed by atoms with Crippen molar-refractivity contribution in [2.45, 2.75) is 25.7 Å². The number of pyridine rings is 1. The van der Waals surface area contributed by atoms with E-state index in [4.69, 9.17) is 23.2 Å². The summed E-state index contributed by atoms with van der Waals surface area (Å²) >= 11 is 11.7. The van der Waals surface area contributed by atoms with Gasteiger partial charge in [0.2, 0.25) is 0 Å². The van der Waals surface area contributed by atoms with Crippen LogP contribution in [0.25, 0.3) is 0 Å². The molecular formula is C14H18Cl2N2O2. The summed E-state index contributed by atoms with van der Waals surface area (Å²) in [6, 6.07) is 1.46. The van der Waals surface area contributed by atoms with Crippen LogP contribution in [0.3, 0.4) is 0 Å². The summed E-state index contributed by atoms with van der Waals surface area (Å²) in [6.45, 7) is 0.739. The number of rotatable bonds is 4. The van der Waals surface area contributed by atoms with Crippen molar-refractivity contribution in [3.8, 4) is 0 Å². The minimum Gasteiger partial charge on any atom is -0.396 e. The molecule has 2 rings (SSSR count). The van der Waals surface area contributed by atoms with Gasteiger partial charge in [0.25, 0.3) is 5.91 Å². The lowest BCUT2D eigenvalue weighted by atomic mass is 9.79. The number of aliphatic hydroxyl groups is 1. The van der Waals surface area contributed by atoms with Crippen molar-refractivity contribution in [3.63, 3.8) is 0 Å². The number of aliphatic hydroxyl groups excluding tert-OH is 1. The number of carbonyl (C=O) groups is 1. The number of nitrogens with zero attached hydrogens (tertiary/aromatic N) is 1. The molecule has 1 aliphatic carbocycles. The van der Waals surface area contributed by atoms with E-state index in [0.29, 0.717) is 18.0 Å². The van der Waals surface area contributed by atoms with Gasteiger partial charge >= 0.3 is 0 Å². The molecule has 6 heteroatoms. The van der Waals surface area contributed by atoms with Gasteiger partial charge in [-0.25, -0.2) is 4.98 Å². The number of hydrogen-bond donors (Lipinski definition) is 2. The van der Waals surface area contributed by atoms with Gasteiger partial charge < -0.3 is 10.4 Å². The summed E-state index contributed by atoms with van der Waals surface area (Å²) in [4.78, 5) is 15.9. The molecule has 1 aromatic rings. The van der Waals surface area contributed by atoms with Crippen LogP contribution in [0, 0.1) is 11.8 Å². The van der Waals surface area contributed by atoms with Crippen molar-refractivity contribution < 1.29 is 9.90 Å². The largest absolute Gasteiger partial charge is 0.396 e. The van der Waals surface area contributed by atoms with Gasteiger partial charge in [-0.2, -0.15) is 0 Å². The van der Waals surface area contributed by atoms with Crippen molar-refractivity contribution in [1.82, 2.24) is 10.3 Å².